The second-order valence-electron chi connectivity index (χ2n) is 7.35. The Labute approximate surface area is 186 Å². The Balaban J connectivity index is 0.00000420. The van der Waals surface area contributed by atoms with Gasteiger partial charge in [-0.1, -0.05) is 12.8 Å². The molecule has 0 aromatic rings. The number of hydrogen-bond acceptors (Lipinski definition) is 4. The van der Waals surface area contributed by atoms with Crippen molar-refractivity contribution in [1.29, 1.82) is 0 Å². The number of sulfonamides is 1. The first-order valence-corrected chi connectivity index (χ1v) is 10.8. The van der Waals surface area contributed by atoms with E-state index in [1.165, 1.54) is 4.90 Å². The van der Waals surface area contributed by atoms with Gasteiger partial charge in [-0.3, -0.25) is 4.79 Å². The highest BCUT2D eigenvalue weighted by atomic mass is 127. The van der Waals surface area contributed by atoms with Gasteiger partial charge in [-0.05, 0) is 25.7 Å². The number of nitrogens with zero attached hydrogens (tertiary/aromatic N) is 3. The minimum absolute atomic E-state index is 0. The van der Waals surface area contributed by atoms with Crippen molar-refractivity contribution in [2.24, 2.45) is 4.99 Å². The summed E-state index contributed by atoms with van der Waals surface area (Å²) < 4.78 is 61.5. The molecule has 13 heteroatoms. The minimum Gasteiger partial charge on any atom is -0.354 e. The molecule has 0 radical (unpaired) electrons. The third kappa shape index (κ3) is 7.42. The van der Waals surface area contributed by atoms with Crippen LogP contribution in [0.25, 0.3) is 0 Å². The Morgan fingerprint density at radius 2 is 1.55 bits per heavy atom. The zero-order chi connectivity index (χ0) is 20.9. The van der Waals surface area contributed by atoms with E-state index in [9.17, 15) is 26.4 Å². The molecule has 0 spiro atoms. The van der Waals surface area contributed by atoms with Gasteiger partial charge in [-0.25, -0.2) is 13.4 Å². The minimum atomic E-state index is -5.29. The van der Waals surface area contributed by atoms with Crippen molar-refractivity contribution in [3.05, 3.63) is 0 Å². The second-order valence-corrected chi connectivity index (χ2v) is 9.28. The highest BCUT2D eigenvalue weighted by Gasteiger charge is 2.50. The number of aliphatic imine (C=N–C) groups is 1. The Morgan fingerprint density at radius 1 is 1.07 bits per heavy atom. The molecule has 1 saturated carbocycles. The third-order valence-corrected chi connectivity index (χ3v) is 6.62. The molecule has 8 nitrogen and oxygen atoms in total. The molecule has 2 rings (SSSR count). The first kappa shape index (κ1) is 26.2. The number of piperidine rings is 1. The van der Waals surface area contributed by atoms with Crippen LogP contribution in [0.4, 0.5) is 13.2 Å². The summed E-state index contributed by atoms with van der Waals surface area (Å²) in [7, 11) is -2.03. The fourth-order valence-corrected chi connectivity index (χ4v) is 4.25. The van der Waals surface area contributed by atoms with E-state index in [2.05, 4.69) is 15.6 Å². The Morgan fingerprint density at radius 3 is 2.00 bits per heavy atom. The van der Waals surface area contributed by atoms with Crippen LogP contribution in [0.15, 0.2) is 4.99 Å². The summed E-state index contributed by atoms with van der Waals surface area (Å²) in [6, 6.07) is 0.0215. The number of likely N-dealkylation sites (N-methyl/N-ethyl adjacent to an activating group) is 1. The molecule has 1 heterocycles. The summed E-state index contributed by atoms with van der Waals surface area (Å²) >= 11 is 0. The number of nitrogens with one attached hydrogen (secondary N) is 2. The van der Waals surface area contributed by atoms with Crippen LogP contribution in [0.3, 0.4) is 0 Å². The summed E-state index contributed by atoms with van der Waals surface area (Å²) in [6.45, 7) is -0.476. The lowest BCUT2D eigenvalue weighted by Gasteiger charge is -2.33. The van der Waals surface area contributed by atoms with Gasteiger partial charge >= 0.3 is 15.5 Å². The molecule has 170 valence electrons. The number of carbonyl (C=O) groups excluding carboxylic acids is 1. The van der Waals surface area contributed by atoms with Crippen LogP contribution in [0.5, 0.6) is 0 Å². The summed E-state index contributed by atoms with van der Waals surface area (Å²) in [4.78, 5) is 17.5. The molecule has 1 amide bonds. The first-order chi connectivity index (χ1) is 13.0. The highest BCUT2D eigenvalue weighted by Crippen LogP contribution is 2.29. The van der Waals surface area contributed by atoms with Crippen molar-refractivity contribution in [2.45, 2.75) is 56.1 Å². The lowest BCUT2D eigenvalue weighted by atomic mass is 10.1. The molecule has 0 atom stereocenters. The summed E-state index contributed by atoms with van der Waals surface area (Å²) in [5.41, 5.74) is -5.28. The van der Waals surface area contributed by atoms with Gasteiger partial charge in [-0.15, -0.1) is 24.0 Å². The van der Waals surface area contributed by atoms with Gasteiger partial charge in [-0.2, -0.15) is 17.5 Å². The monoisotopic (exact) mass is 555 g/mol. The molecule has 1 saturated heterocycles. The SMILES string of the molecule is CN(C)C(=O)CN=C(NC1CCCC1)NC1CCN(S(=O)(=O)C(F)(F)F)CC1.I. The van der Waals surface area contributed by atoms with Gasteiger partial charge < -0.3 is 15.5 Å². The fraction of sp³-hybridized carbons (Fsp3) is 0.875. The van der Waals surface area contributed by atoms with E-state index in [1.54, 1.807) is 14.1 Å². The molecule has 0 bridgehead atoms. The van der Waals surface area contributed by atoms with E-state index < -0.39 is 15.5 Å². The van der Waals surface area contributed by atoms with Crippen molar-refractivity contribution in [3.63, 3.8) is 0 Å². The molecular formula is C16H29F3IN5O3S. The normalized spacial score (nSPS) is 20.2. The van der Waals surface area contributed by atoms with E-state index in [0.717, 1.165) is 25.7 Å². The number of carbonyl (C=O) groups is 1. The lowest BCUT2D eigenvalue weighted by molar-refractivity contribution is -0.127. The highest BCUT2D eigenvalue weighted by molar-refractivity contribution is 14.0. The predicted octanol–water partition coefficient (Wildman–Crippen LogP) is 1.48. The third-order valence-electron chi connectivity index (χ3n) is 4.99. The Kier molecular flexibility index (Phi) is 9.92. The number of hydrogen-bond donors (Lipinski definition) is 2. The van der Waals surface area contributed by atoms with Crippen LogP contribution in [-0.4, -0.2) is 80.8 Å². The van der Waals surface area contributed by atoms with Crippen LogP contribution >= 0.6 is 24.0 Å². The molecule has 1 aliphatic heterocycles. The molecule has 0 aromatic heterocycles. The Hall–Kier alpha value is -0.830. The summed E-state index contributed by atoms with van der Waals surface area (Å²) in [5, 5.41) is 6.43. The topological polar surface area (TPSA) is 94.1 Å². The van der Waals surface area contributed by atoms with Crippen LogP contribution < -0.4 is 10.6 Å². The van der Waals surface area contributed by atoms with Gasteiger partial charge in [0, 0.05) is 39.3 Å². The number of alkyl halides is 3. The Bertz CT molecular complexity index is 674. The van der Waals surface area contributed by atoms with Crippen LogP contribution in [0.1, 0.15) is 38.5 Å². The maximum atomic E-state index is 12.7. The van der Waals surface area contributed by atoms with Gasteiger partial charge in [0.1, 0.15) is 6.54 Å². The zero-order valence-electron chi connectivity index (χ0n) is 16.5. The first-order valence-electron chi connectivity index (χ1n) is 9.35. The predicted molar refractivity (Wildman–Crippen MR) is 115 cm³/mol. The molecule has 2 fully saturated rings. The summed E-state index contributed by atoms with van der Waals surface area (Å²) in [5.74, 6) is 0.276. The van der Waals surface area contributed by atoms with E-state index >= 15 is 0 Å². The average Bonchev–Trinajstić information content (AvgIpc) is 3.11. The molecule has 0 aromatic carbocycles. The molecule has 1 aliphatic carbocycles. The van der Waals surface area contributed by atoms with Crippen LogP contribution in [0, 0.1) is 0 Å². The summed E-state index contributed by atoms with van der Waals surface area (Å²) in [6.07, 6.45) is 4.64. The zero-order valence-corrected chi connectivity index (χ0v) is 19.7. The lowest BCUT2D eigenvalue weighted by Crippen LogP contribution is -2.53. The van der Waals surface area contributed by atoms with Crippen LogP contribution in [-0.2, 0) is 14.8 Å². The maximum Gasteiger partial charge on any atom is 0.511 e. The fourth-order valence-electron chi connectivity index (χ4n) is 3.26. The van der Waals surface area contributed by atoms with Crippen molar-refractivity contribution >= 4 is 45.9 Å². The molecule has 29 heavy (non-hydrogen) atoms. The number of halogens is 4. The van der Waals surface area contributed by atoms with Gasteiger partial charge in [0.25, 0.3) is 0 Å². The van der Waals surface area contributed by atoms with E-state index in [0.29, 0.717) is 10.3 Å². The van der Waals surface area contributed by atoms with E-state index in [-0.39, 0.29) is 74.4 Å². The number of rotatable bonds is 5. The largest absolute Gasteiger partial charge is 0.511 e. The van der Waals surface area contributed by atoms with Gasteiger partial charge in [0.2, 0.25) is 5.91 Å². The smallest absolute Gasteiger partial charge is 0.354 e. The second kappa shape index (κ2) is 11.0. The average molecular weight is 555 g/mol. The quantitative estimate of drug-likeness (QED) is 0.305. The van der Waals surface area contributed by atoms with Crippen molar-refractivity contribution in [1.82, 2.24) is 19.8 Å². The van der Waals surface area contributed by atoms with Crippen molar-refractivity contribution in [3.8, 4) is 0 Å². The van der Waals surface area contributed by atoms with Gasteiger partial charge in [0.15, 0.2) is 5.96 Å². The maximum absolute atomic E-state index is 12.7. The van der Waals surface area contributed by atoms with E-state index in [1.807, 2.05) is 0 Å². The van der Waals surface area contributed by atoms with E-state index in [4.69, 9.17) is 0 Å². The number of guanidine groups is 1. The molecule has 2 N–H and O–H groups in total. The van der Waals surface area contributed by atoms with Gasteiger partial charge in [0.05, 0.1) is 0 Å². The van der Waals surface area contributed by atoms with Crippen molar-refractivity contribution < 1.29 is 26.4 Å². The van der Waals surface area contributed by atoms with Crippen molar-refractivity contribution in [2.75, 3.05) is 33.7 Å². The standard InChI is InChI=1S/C16H28F3N5O3S.HI/c1-23(2)14(25)11-20-15(21-12-5-3-4-6-12)22-13-7-9-24(10-8-13)28(26,27)16(17,18)19;/h12-13H,3-11H2,1-2H3,(H2,20,21,22);1H. The van der Waals surface area contributed by atoms with Crippen LogP contribution in [0.2, 0.25) is 0 Å². The molecule has 0 unspecified atom stereocenters. The molecular weight excluding hydrogens is 526 g/mol. The number of amides is 1. The molecule has 2 aliphatic rings.